The lowest BCUT2D eigenvalue weighted by Gasteiger charge is -2.34. The van der Waals surface area contributed by atoms with Crippen molar-refractivity contribution in [3.8, 4) is 0 Å². The normalized spacial score (nSPS) is 16.2. The van der Waals surface area contributed by atoms with Gasteiger partial charge in [-0.25, -0.2) is 4.39 Å². The Labute approximate surface area is 171 Å². The largest absolute Gasteiger partial charge is 0.352 e. The van der Waals surface area contributed by atoms with Crippen LogP contribution in [0.2, 0.25) is 0 Å². The molecule has 0 bridgehead atoms. The van der Waals surface area contributed by atoms with Gasteiger partial charge in [0.1, 0.15) is 5.82 Å². The average Bonchev–Trinajstić information content (AvgIpc) is 2.77. The molecule has 0 aromatic heterocycles. The second-order valence-electron chi connectivity index (χ2n) is 7.53. The van der Waals surface area contributed by atoms with E-state index in [0.29, 0.717) is 26.2 Å². The molecular weight excluding hydrogens is 369 g/mol. The summed E-state index contributed by atoms with van der Waals surface area (Å²) in [7, 11) is 0. The van der Waals surface area contributed by atoms with Crippen LogP contribution in [-0.2, 0) is 22.7 Å². The summed E-state index contributed by atoms with van der Waals surface area (Å²) in [4.78, 5) is 27.0. The molecule has 1 saturated heterocycles. The third-order valence-electron chi connectivity index (χ3n) is 5.52. The second-order valence-corrected chi connectivity index (χ2v) is 7.53. The van der Waals surface area contributed by atoms with Gasteiger partial charge in [0.15, 0.2) is 0 Å². The lowest BCUT2D eigenvalue weighted by Crippen LogP contribution is -2.49. The number of piperidine rings is 1. The molecule has 1 atom stereocenters. The van der Waals surface area contributed by atoms with Crippen molar-refractivity contribution in [2.24, 2.45) is 5.92 Å². The lowest BCUT2D eigenvalue weighted by atomic mass is 9.94. The molecule has 1 fully saturated rings. The van der Waals surface area contributed by atoms with Gasteiger partial charge in [-0.3, -0.25) is 14.5 Å². The van der Waals surface area contributed by atoms with Gasteiger partial charge in [0.2, 0.25) is 11.8 Å². The molecule has 0 spiro atoms. The minimum absolute atomic E-state index is 0.00978. The molecule has 0 radical (unpaired) electrons. The van der Waals surface area contributed by atoms with Gasteiger partial charge >= 0.3 is 0 Å². The zero-order chi connectivity index (χ0) is 20.6. The number of hydrogen-bond acceptors (Lipinski definition) is 3. The zero-order valence-electron chi connectivity index (χ0n) is 16.7. The van der Waals surface area contributed by atoms with Gasteiger partial charge in [-0.05, 0) is 56.1 Å². The molecule has 2 aromatic carbocycles. The summed E-state index contributed by atoms with van der Waals surface area (Å²) < 4.78 is 13.0. The number of carbonyl (C=O) groups excluding carboxylic acids is 2. The molecule has 6 heteroatoms. The van der Waals surface area contributed by atoms with Gasteiger partial charge in [-0.1, -0.05) is 42.5 Å². The standard InChI is InChI=1S/C23H28FN3O2/c1-17(22(28)25-16-19-7-9-21(24)10-8-19)27-13-11-20(12-14-27)23(29)26-15-18-5-3-2-4-6-18/h2-10,17,20H,11-16H2,1H3,(H,25,28)(H,26,29). The van der Waals surface area contributed by atoms with Crippen LogP contribution in [0.5, 0.6) is 0 Å². The highest BCUT2D eigenvalue weighted by Gasteiger charge is 2.29. The van der Waals surface area contributed by atoms with E-state index in [2.05, 4.69) is 15.5 Å². The van der Waals surface area contributed by atoms with Crippen LogP contribution in [-0.4, -0.2) is 35.8 Å². The summed E-state index contributed by atoms with van der Waals surface area (Å²) in [6.07, 6.45) is 1.49. The fourth-order valence-corrected chi connectivity index (χ4v) is 3.58. The first-order valence-electron chi connectivity index (χ1n) is 10.1. The van der Waals surface area contributed by atoms with Crippen LogP contribution in [0.1, 0.15) is 30.9 Å². The number of benzene rings is 2. The maximum atomic E-state index is 13.0. The molecule has 2 N–H and O–H groups in total. The number of nitrogens with zero attached hydrogens (tertiary/aromatic N) is 1. The van der Waals surface area contributed by atoms with E-state index in [1.807, 2.05) is 37.3 Å². The Hall–Kier alpha value is -2.73. The third-order valence-corrected chi connectivity index (χ3v) is 5.52. The highest BCUT2D eigenvalue weighted by molar-refractivity contribution is 5.81. The van der Waals surface area contributed by atoms with Crippen molar-refractivity contribution in [2.75, 3.05) is 13.1 Å². The van der Waals surface area contributed by atoms with Crippen LogP contribution in [0.3, 0.4) is 0 Å². The molecule has 2 amide bonds. The minimum atomic E-state index is -0.288. The summed E-state index contributed by atoms with van der Waals surface area (Å²) in [6.45, 7) is 4.24. The van der Waals surface area contributed by atoms with Crippen LogP contribution in [0.15, 0.2) is 54.6 Å². The quantitative estimate of drug-likeness (QED) is 0.755. The molecule has 29 heavy (non-hydrogen) atoms. The number of likely N-dealkylation sites (tertiary alicyclic amines) is 1. The molecule has 5 nitrogen and oxygen atoms in total. The number of nitrogens with one attached hydrogen (secondary N) is 2. The molecular formula is C23H28FN3O2. The van der Waals surface area contributed by atoms with Crippen molar-refractivity contribution in [3.63, 3.8) is 0 Å². The van der Waals surface area contributed by atoms with Crippen LogP contribution >= 0.6 is 0 Å². The highest BCUT2D eigenvalue weighted by Crippen LogP contribution is 2.19. The van der Waals surface area contributed by atoms with Crippen molar-refractivity contribution in [3.05, 3.63) is 71.5 Å². The van der Waals surface area contributed by atoms with Crippen molar-refractivity contribution < 1.29 is 14.0 Å². The average molecular weight is 397 g/mol. The summed E-state index contributed by atoms with van der Waals surface area (Å²) in [5.74, 6) is -0.267. The van der Waals surface area contributed by atoms with Gasteiger partial charge in [-0.15, -0.1) is 0 Å². The molecule has 1 aliphatic heterocycles. The van der Waals surface area contributed by atoms with E-state index in [1.165, 1.54) is 12.1 Å². The number of rotatable bonds is 7. The van der Waals surface area contributed by atoms with E-state index in [0.717, 1.165) is 24.0 Å². The van der Waals surface area contributed by atoms with E-state index >= 15 is 0 Å². The molecule has 1 heterocycles. The monoisotopic (exact) mass is 397 g/mol. The fraction of sp³-hybridized carbons (Fsp3) is 0.391. The Balaban J connectivity index is 1.40. The Morgan fingerprint density at radius 3 is 2.21 bits per heavy atom. The second kappa shape index (κ2) is 10.2. The van der Waals surface area contributed by atoms with E-state index in [9.17, 15) is 14.0 Å². The minimum Gasteiger partial charge on any atom is -0.352 e. The van der Waals surface area contributed by atoms with Crippen molar-refractivity contribution in [1.29, 1.82) is 0 Å². The summed E-state index contributed by atoms with van der Waals surface area (Å²) in [5.41, 5.74) is 1.95. The maximum absolute atomic E-state index is 13.0. The first-order chi connectivity index (χ1) is 14.0. The van der Waals surface area contributed by atoms with E-state index in [1.54, 1.807) is 12.1 Å². The van der Waals surface area contributed by atoms with Crippen LogP contribution in [0.4, 0.5) is 4.39 Å². The Morgan fingerprint density at radius 1 is 0.966 bits per heavy atom. The first kappa shape index (κ1) is 21.0. The van der Waals surface area contributed by atoms with Crippen LogP contribution in [0.25, 0.3) is 0 Å². The fourth-order valence-electron chi connectivity index (χ4n) is 3.58. The van der Waals surface area contributed by atoms with Gasteiger partial charge < -0.3 is 10.6 Å². The molecule has 0 saturated carbocycles. The number of amides is 2. The number of carbonyl (C=O) groups is 2. The Bertz CT molecular complexity index is 803. The molecule has 1 aliphatic rings. The van der Waals surface area contributed by atoms with Gasteiger partial charge in [-0.2, -0.15) is 0 Å². The number of hydrogen-bond donors (Lipinski definition) is 2. The van der Waals surface area contributed by atoms with Gasteiger partial charge in [0.25, 0.3) is 0 Å². The van der Waals surface area contributed by atoms with Crippen LogP contribution < -0.4 is 10.6 Å². The van der Waals surface area contributed by atoms with Crippen molar-refractivity contribution in [1.82, 2.24) is 15.5 Å². The molecule has 0 aliphatic carbocycles. The summed E-state index contributed by atoms with van der Waals surface area (Å²) in [5, 5.41) is 5.92. The van der Waals surface area contributed by atoms with Gasteiger partial charge in [0, 0.05) is 19.0 Å². The predicted octanol–water partition coefficient (Wildman–Crippen LogP) is 2.86. The maximum Gasteiger partial charge on any atom is 0.237 e. The SMILES string of the molecule is CC(C(=O)NCc1ccc(F)cc1)N1CCC(C(=O)NCc2ccccc2)CC1. The van der Waals surface area contributed by atoms with Crippen LogP contribution in [0, 0.1) is 11.7 Å². The molecule has 2 aromatic rings. The molecule has 3 rings (SSSR count). The first-order valence-corrected chi connectivity index (χ1v) is 10.1. The van der Waals surface area contributed by atoms with Gasteiger partial charge in [0.05, 0.1) is 6.04 Å². The number of halogens is 1. The Morgan fingerprint density at radius 2 is 1.55 bits per heavy atom. The lowest BCUT2D eigenvalue weighted by molar-refractivity contribution is -0.128. The smallest absolute Gasteiger partial charge is 0.237 e. The summed E-state index contributed by atoms with van der Waals surface area (Å²) >= 11 is 0. The zero-order valence-corrected chi connectivity index (χ0v) is 16.7. The van der Waals surface area contributed by atoms with Crippen molar-refractivity contribution in [2.45, 2.75) is 38.9 Å². The van der Waals surface area contributed by atoms with Crippen molar-refractivity contribution >= 4 is 11.8 Å². The molecule has 1 unspecified atom stereocenters. The summed E-state index contributed by atoms with van der Waals surface area (Å²) in [6, 6.07) is 15.7. The Kier molecular flexibility index (Phi) is 7.36. The topological polar surface area (TPSA) is 61.4 Å². The molecule has 154 valence electrons. The van der Waals surface area contributed by atoms with E-state index < -0.39 is 0 Å². The van der Waals surface area contributed by atoms with E-state index in [-0.39, 0.29) is 29.6 Å². The highest BCUT2D eigenvalue weighted by atomic mass is 19.1. The predicted molar refractivity (Wildman–Crippen MR) is 110 cm³/mol. The van der Waals surface area contributed by atoms with E-state index in [4.69, 9.17) is 0 Å². The third kappa shape index (κ3) is 6.12.